The number of urea groups is 1. The van der Waals surface area contributed by atoms with Gasteiger partial charge in [0.05, 0.1) is 12.6 Å². The van der Waals surface area contributed by atoms with Crippen LogP contribution in [0.1, 0.15) is 37.8 Å². The Kier molecular flexibility index (Phi) is 5.49. The summed E-state index contributed by atoms with van der Waals surface area (Å²) in [4.78, 5) is 32.2. The summed E-state index contributed by atoms with van der Waals surface area (Å²) in [6.45, 7) is 1.88. The lowest BCUT2D eigenvalue weighted by molar-refractivity contribution is -0.140. The molecule has 2 fully saturated rings. The quantitative estimate of drug-likeness (QED) is 0.817. The lowest BCUT2D eigenvalue weighted by atomic mass is 9.84. The Labute approximate surface area is 170 Å². The van der Waals surface area contributed by atoms with E-state index in [1.165, 1.54) is 0 Å². The van der Waals surface area contributed by atoms with Crippen LogP contribution in [-0.4, -0.2) is 52.9 Å². The Morgan fingerprint density at radius 2 is 2.07 bits per heavy atom. The summed E-state index contributed by atoms with van der Waals surface area (Å²) in [5.74, 6) is 0.495. The number of likely N-dealkylation sites (N-methyl/N-ethyl adjacent to an activating group) is 1. The molecule has 3 amide bonds. The number of aromatic nitrogens is 1. The van der Waals surface area contributed by atoms with E-state index in [1.807, 2.05) is 36.2 Å². The molecule has 2 aliphatic rings. The van der Waals surface area contributed by atoms with Gasteiger partial charge in [0.1, 0.15) is 0 Å². The maximum absolute atomic E-state index is 12.6. The number of hydrogen-bond acceptors (Lipinski definition) is 2. The van der Waals surface area contributed by atoms with Crippen molar-refractivity contribution in [3.63, 3.8) is 0 Å². The van der Waals surface area contributed by atoms with Gasteiger partial charge in [0.25, 0.3) is 0 Å². The Balaban J connectivity index is 1.32. The van der Waals surface area contributed by atoms with E-state index < -0.39 is 0 Å². The number of benzene rings is 1. The van der Waals surface area contributed by atoms with Crippen LogP contribution in [0.2, 0.25) is 5.02 Å². The average molecular weight is 403 g/mol. The van der Waals surface area contributed by atoms with Crippen molar-refractivity contribution in [2.24, 2.45) is 5.92 Å². The molecule has 2 heterocycles. The highest BCUT2D eigenvalue weighted by Gasteiger charge is 2.34. The van der Waals surface area contributed by atoms with Crippen molar-refractivity contribution in [1.82, 2.24) is 20.1 Å². The van der Waals surface area contributed by atoms with Crippen LogP contribution < -0.4 is 5.32 Å². The van der Waals surface area contributed by atoms with Gasteiger partial charge in [0.2, 0.25) is 5.91 Å². The van der Waals surface area contributed by atoms with Crippen molar-refractivity contribution in [3.05, 3.63) is 35.0 Å². The predicted molar refractivity (Wildman–Crippen MR) is 110 cm³/mol. The third-order valence-corrected chi connectivity index (χ3v) is 6.33. The molecule has 0 radical (unpaired) electrons. The topological polar surface area (TPSA) is 68.4 Å². The maximum Gasteiger partial charge on any atom is 0.317 e. The van der Waals surface area contributed by atoms with Crippen LogP contribution in [0, 0.1) is 5.92 Å². The summed E-state index contributed by atoms with van der Waals surface area (Å²) in [7, 11) is 1.82. The monoisotopic (exact) mass is 402 g/mol. The number of fused-ring (bicyclic) bond motifs is 1. The molecule has 1 atom stereocenters. The molecule has 1 aliphatic heterocycles. The Hall–Kier alpha value is -2.21. The standard InChI is InChI=1S/C21H27ClN4O2/c1-25(18-6-3-9-26(13-18)20(27)14-4-2-5-14)21(28)23-12-17-11-15-10-16(22)7-8-19(15)24-17/h7-8,10-11,14,18,24H,2-6,9,12-13H2,1H3,(H,23,28)/t18-/m1/s1. The smallest absolute Gasteiger partial charge is 0.317 e. The highest BCUT2D eigenvalue weighted by Crippen LogP contribution is 2.29. The fourth-order valence-electron chi connectivity index (χ4n) is 4.10. The maximum atomic E-state index is 12.6. The molecule has 1 aromatic heterocycles. The molecule has 1 aliphatic carbocycles. The van der Waals surface area contributed by atoms with E-state index >= 15 is 0 Å². The minimum atomic E-state index is -0.111. The number of amides is 3. The second-order valence-corrected chi connectivity index (χ2v) is 8.44. The van der Waals surface area contributed by atoms with Gasteiger partial charge in [-0.3, -0.25) is 4.79 Å². The molecule has 0 unspecified atom stereocenters. The Morgan fingerprint density at radius 1 is 1.25 bits per heavy atom. The number of halogens is 1. The van der Waals surface area contributed by atoms with Gasteiger partial charge in [-0.15, -0.1) is 0 Å². The van der Waals surface area contributed by atoms with Crippen LogP contribution >= 0.6 is 11.6 Å². The first kappa shape index (κ1) is 19.1. The molecule has 28 heavy (non-hydrogen) atoms. The summed E-state index contributed by atoms with van der Waals surface area (Å²) in [5.41, 5.74) is 1.93. The summed E-state index contributed by atoms with van der Waals surface area (Å²) in [6.07, 6.45) is 5.08. The molecule has 2 aromatic rings. The van der Waals surface area contributed by atoms with E-state index in [0.717, 1.165) is 55.2 Å². The van der Waals surface area contributed by atoms with Crippen LogP contribution in [0.25, 0.3) is 10.9 Å². The SMILES string of the molecule is CN(C(=O)NCc1cc2cc(Cl)ccc2[nH]1)[C@@H]1CCCN(C(=O)C2CCC2)C1. The van der Waals surface area contributed by atoms with Gasteiger partial charge in [-0.05, 0) is 49.9 Å². The number of likely N-dealkylation sites (tertiary alicyclic amines) is 1. The van der Waals surface area contributed by atoms with E-state index in [4.69, 9.17) is 11.6 Å². The summed E-state index contributed by atoms with van der Waals surface area (Å²) in [5, 5.41) is 4.70. The highest BCUT2D eigenvalue weighted by atomic mass is 35.5. The van der Waals surface area contributed by atoms with E-state index in [1.54, 1.807) is 4.90 Å². The number of aromatic amines is 1. The zero-order valence-electron chi connectivity index (χ0n) is 16.2. The molecule has 150 valence electrons. The number of carbonyl (C=O) groups excluding carboxylic acids is 2. The van der Waals surface area contributed by atoms with Crippen LogP contribution in [0.3, 0.4) is 0 Å². The van der Waals surface area contributed by atoms with E-state index in [2.05, 4.69) is 10.3 Å². The predicted octanol–water partition coefficient (Wildman–Crippen LogP) is 3.75. The summed E-state index contributed by atoms with van der Waals surface area (Å²) < 4.78 is 0. The fraction of sp³-hybridized carbons (Fsp3) is 0.524. The van der Waals surface area contributed by atoms with E-state index in [-0.39, 0.29) is 23.9 Å². The minimum Gasteiger partial charge on any atom is -0.357 e. The second kappa shape index (κ2) is 8.03. The molecule has 1 saturated heterocycles. The van der Waals surface area contributed by atoms with Gasteiger partial charge >= 0.3 is 6.03 Å². The number of carbonyl (C=O) groups is 2. The molecule has 2 N–H and O–H groups in total. The third-order valence-electron chi connectivity index (χ3n) is 6.10. The Morgan fingerprint density at radius 3 is 2.82 bits per heavy atom. The minimum absolute atomic E-state index is 0.0688. The van der Waals surface area contributed by atoms with E-state index in [9.17, 15) is 9.59 Å². The number of H-pyrrole nitrogens is 1. The van der Waals surface area contributed by atoms with Gasteiger partial charge in [0.15, 0.2) is 0 Å². The average Bonchev–Trinajstić information content (AvgIpc) is 3.06. The van der Waals surface area contributed by atoms with Crippen molar-refractivity contribution in [1.29, 1.82) is 0 Å². The number of nitrogens with one attached hydrogen (secondary N) is 2. The molecule has 0 spiro atoms. The van der Waals surface area contributed by atoms with Crippen LogP contribution in [0.5, 0.6) is 0 Å². The van der Waals surface area contributed by atoms with Crippen molar-refractivity contribution in [3.8, 4) is 0 Å². The highest BCUT2D eigenvalue weighted by molar-refractivity contribution is 6.31. The summed E-state index contributed by atoms with van der Waals surface area (Å²) in [6, 6.07) is 7.64. The fourth-order valence-corrected chi connectivity index (χ4v) is 4.29. The molecule has 0 bridgehead atoms. The number of hydrogen-bond donors (Lipinski definition) is 2. The van der Waals surface area contributed by atoms with Gasteiger partial charge in [0, 0.05) is 47.7 Å². The van der Waals surface area contributed by atoms with Crippen molar-refractivity contribution < 1.29 is 9.59 Å². The molecular formula is C21H27ClN4O2. The van der Waals surface area contributed by atoms with Crippen LogP contribution in [0.4, 0.5) is 4.79 Å². The van der Waals surface area contributed by atoms with Gasteiger partial charge in [-0.25, -0.2) is 4.79 Å². The number of nitrogens with zero attached hydrogens (tertiary/aromatic N) is 2. The van der Waals surface area contributed by atoms with Crippen molar-refractivity contribution in [2.75, 3.05) is 20.1 Å². The molecule has 7 heteroatoms. The largest absolute Gasteiger partial charge is 0.357 e. The van der Waals surface area contributed by atoms with E-state index in [0.29, 0.717) is 18.1 Å². The normalized spacial score (nSPS) is 20.1. The molecular weight excluding hydrogens is 376 g/mol. The Bertz CT molecular complexity index is 876. The first-order valence-electron chi connectivity index (χ1n) is 10.1. The van der Waals surface area contributed by atoms with Crippen molar-refractivity contribution in [2.45, 2.75) is 44.7 Å². The first-order valence-corrected chi connectivity index (χ1v) is 10.5. The summed E-state index contributed by atoms with van der Waals surface area (Å²) >= 11 is 6.03. The molecule has 6 nitrogen and oxygen atoms in total. The van der Waals surface area contributed by atoms with Gasteiger partial charge in [-0.1, -0.05) is 18.0 Å². The van der Waals surface area contributed by atoms with Crippen molar-refractivity contribution >= 4 is 34.4 Å². The number of rotatable bonds is 4. The number of piperidine rings is 1. The molecule has 1 aromatic carbocycles. The third kappa shape index (κ3) is 3.97. The van der Waals surface area contributed by atoms with Gasteiger partial charge < -0.3 is 20.1 Å². The lowest BCUT2D eigenvalue weighted by Gasteiger charge is -2.40. The zero-order chi connectivity index (χ0) is 19.7. The molecule has 4 rings (SSSR count). The first-order chi connectivity index (χ1) is 13.5. The van der Waals surface area contributed by atoms with Gasteiger partial charge in [-0.2, -0.15) is 0 Å². The molecule has 1 saturated carbocycles. The second-order valence-electron chi connectivity index (χ2n) is 8.00. The van der Waals surface area contributed by atoms with Crippen LogP contribution in [-0.2, 0) is 11.3 Å². The zero-order valence-corrected chi connectivity index (χ0v) is 17.0. The lowest BCUT2D eigenvalue weighted by Crippen LogP contribution is -2.53. The van der Waals surface area contributed by atoms with Crippen LogP contribution in [0.15, 0.2) is 24.3 Å².